The minimum absolute atomic E-state index is 0.0479. The van der Waals surface area contributed by atoms with Gasteiger partial charge in [-0.1, -0.05) is 13.8 Å². The highest BCUT2D eigenvalue weighted by atomic mass is 19.4. The number of carboxylic acid groups (broad SMARTS) is 1. The molecule has 0 saturated carbocycles. The number of carboxylic acids is 1. The van der Waals surface area contributed by atoms with Crippen LogP contribution < -0.4 is 5.32 Å². The number of alkyl halides is 3. The molecule has 0 aliphatic rings. The van der Waals surface area contributed by atoms with Gasteiger partial charge in [-0.05, 0) is 24.8 Å². The van der Waals surface area contributed by atoms with Crippen LogP contribution in [0.25, 0.3) is 0 Å². The number of hydrogen-bond acceptors (Lipinski definition) is 2. The summed E-state index contributed by atoms with van der Waals surface area (Å²) in [6.07, 6.45) is -3.15. The number of halogens is 3. The standard InChI is InChI=1S/C10H18F3NO2/c1-9(2,4-3-8(15)16)5-6-14-7-10(11,12)13/h14H,3-7H2,1-2H3,(H,15,16). The molecule has 0 aromatic rings. The van der Waals surface area contributed by atoms with Crippen molar-refractivity contribution in [1.82, 2.24) is 5.32 Å². The van der Waals surface area contributed by atoms with Crippen molar-refractivity contribution in [2.24, 2.45) is 5.41 Å². The largest absolute Gasteiger partial charge is 0.481 e. The monoisotopic (exact) mass is 241 g/mol. The smallest absolute Gasteiger partial charge is 0.401 e. The number of hydrogen-bond donors (Lipinski definition) is 2. The normalized spacial score (nSPS) is 12.8. The van der Waals surface area contributed by atoms with Crippen molar-refractivity contribution in [3.63, 3.8) is 0 Å². The summed E-state index contributed by atoms with van der Waals surface area (Å²) in [6.45, 7) is 2.95. The number of rotatable bonds is 7. The predicted molar refractivity (Wildman–Crippen MR) is 54.2 cm³/mol. The Balaban J connectivity index is 3.69. The van der Waals surface area contributed by atoms with Crippen molar-refractivity contribution in [1.29, 1.82) is 0 Å². The molecule has 0 aliphatic carbocycles. The van der Waals surface area contributed by atoms with E-state index < -0.39 is 18.7 Å². The van der Waals surface area contributed by atoms with Crippen molar-refractivity contribution in [3.8, 4) is 0 Å². The second-order valence-electron chi connectivity index (χ2n) is 4.60. The Hall–Kier alpha value is -0.780. The first kappa shape index (κ1) is 15.2. The molecule has 0 aromatic heterocycles. The van der Waals surface area contributed by atoms with Gasteiger partial charge in [0.25, 0.3) is 0 Å². The molecule has 0 radical (unpaired) electrons. The summed E-state index contributed by atoms with van der Waals surface area (Å²) in [5, 5.41) is 10.8. The van der Waals surface area contributed by atoms with E-state index in [1.54, 1.807) is 0 Å². The Bertz CT molecular complexity index is 227. The lowest BCUT2D eigenvalue weighted by Gasteiger charge is -2.24. The molecule has 0 aliphatic heterocycles. The SMILES string of the molecule is CC(C)(CCNCC(F)(F)F)CCC(=O)O. The van der Waals surface area contributed by atoms with Gasteiger partial charge in [-0.2, -0.15) is 13.2 Å². The number of aliphatic carboxylic acids is 1. The zero-order chi connectivity index (χ0) is 12.8. The van der Waals surface area contributed by atoms with Gasteiger partial charge < -0.3 is 10.4 Å². The van der Waals surface area contributed by atoms with Crippen LogP contribution in [0.5, 0.6) is 0 Å². The molecule has 0 bridgehead atoms. The van der Waals surface area contributed by atoms with Gasteiger partial charge in [-0.3, -0.25) is 4.79 Å². The van der Waals surface area contributed by atoms with Crippen molar-refractivity contribution in [2.75, 3.05) is 13.1 Å². The average Bonchev–Trinajstić information content (AvgIpc) is 2.08. The molecular weight excluding hydrogens is 223 g/mol. The zero-order valence-electron chi connectivity index (χ0n) is 9.52. The van der Waals surface area contributed by atoms with Crippen LogP contribution in [0.2, 0.25) is 0 Å². The minimum atomic E-state index is -4.19. The Kier molecular flexibility index (Phi) is 5.78. The molecule has 0 rings (SSSR count). The maximum atomic E-state index is 11.8. The molecular formula is C10H18F3NO2. The lowest BCUT2D eigenvalue weighted by Crippen LogP contribution is -2.31. The molecule has 0 saturated heterocycles. The lowest BCUT2D eigenvalue weighted by molar-refractivity contribution is -0.137. The highest BCUT2D eigenvalue weighted by Gasteiger charge is 2.26. The number of nitrogens with one attached hydrogen (secondary N) is 1. The fourth-order valence-corrected chi connectivity index (χ4v) is 1.23. The summed E-state index contributed by atoms with van der Waals surface area (Å²) in [6, 6.07) is 0. The van der Waals surface area contributed by atoms with Crippen molar-refractivity contribution in [2.45, 2.75) is 39.3 Å². The molecule has 0 fully saturated rings. The Labute approximate surface area is 93.0 Å². The molecule has 0 aromatic carbocycles. The zero-order valence-corrected chi connectivity index (χ0v) is 9.52. The second-order valence-corrected chi connectivity index (χ2v) is 4.60. The number of carbonyl (C=O) groups is 1. The molecule has 0 spiro atoms. The van der Waals surface area contributed by atoms with E-state index in [0.717, 1.165) is 0 Å². The van der Waals surface area contributed by atoms with E-state index in [-0.39, 0.29) is 18.4 Å². The molecule has 0 heterocycles. The van der Waals surface area contributed by atoms with Crippen LogP contribution in [-0.4, -0.2) is 30.3 Å². The summed E-state index contributed by atoms with van der Waals surface area (Å²) in [4.78, 5) is 10.3. The van der Waals surface area contributed by atoms with Crippen LogP contribution in [0.15, 0.2) is 0 Å². The van der Waals surface area contributed by atoms with E-state index in [1.165, 1.54) is 0 Å². The maximum absolute atomic E-state index is 11.8. The van der Waals surface area contributed by atoms with Crippen LogP contribution in [0.4, 0.5) is 13.2 Å². The first-order valence-corrected chi connectivity index (χ1v) is 5.12. The molecule has 0 atom stereocenters. The van der Waals surface area contributed by atoms with E-state index in [1.807, 2.05) is 13.8 Å². The Morgan fingerprint density at radius 1 is 1.25 bits per heavy atom. The van der Waals surface area contributed by atoms with Gasteiger partial charge in [-0.25, -0.2) is 0 Å². The van der Waals surface area contributed by atoms with E-state index >= 15 is 0 Å². The van der Waals surface area contributed by atoms with Crippen LogP contribution in [0.3, 0.4) is 0 Å². The quantitative estimate of drug-likeness (QED) is 0.673. The van der Waals surface area contributed by atoms with Crippen molar-refractivity contribution >= 4 is 5.97 Å². The third-order valence-corrected chi connectivity index (χ3v) is 2.32. The summed E-state index contributed by atoms with van der Waals surface area (Å²) in [7, 11) is 0. The first-order valence-electron chi connectivity index (χ1n) is 5.12. The maximum Gasteiger partial charge on any atom is 0.401 e. The second kappa shape index (κ2) is 6.08. The van der Waals surface area contributed by atoms with Gasteiger partial charge in [0.2, 0.25) is 0 Å². The van der Waals surface area contributed by atoms with E-state index in [4.69, 9.17) is 5.11 Å². The third-order valence-electron chi connectivity index (χ3n) is 2.32. The topological polar surface area (TPSA) is 49.3 Å². The molecule has 16 heavy (non-hydrogen) atoms. The van der Waals surface area contributed by atoms with E-state index in [9.17, 15) is 18.0 Å². The van der Waals surface area contributed by atoms with Crippen LogP contribution >= 0.6 is 0 Å². The molecule has 3 nitrogen and oxygen atoms in total. The van der Waals surface area contributed by atoms with Gasteiger partial charge in [0.1, 0.15) is 0 Å². The molecule has 6 heteroatoms. The Morgan fingerprint density at radius 2 is 1.81 bits per heavy atom. The van der Waals surface area contributed by atoms with E-state index in [0.29, 0.717) is 12.8 Å². The van der Waals surface area contributed by atoms with Crippen LogP contribution in [0, 0.1) is 5.41 Å². The van der Waals surface area contributed by atoms with Gasteiger partial charge in [0.05, 0.1) is 6.54 Å². The summed E-state index contributed by atoms with van der Waals surface area (Å²) in [5.41, 5.74) is -0.253. The fraction of sp³-hybridized carbons (Fsp3) is 0.900. The molecule has 2 N–H and O–H groups in total. The third kappa shape index (κ3) is 9.76. The fourth-order valence-electron chi connectivity index (χ4n) is 1.23. The van der Waals surface area contributed by atoms with Crippen LogP contribution in [-0.2, 0) is 4.79 Å². The van der Waals surface area contributed by atoms with Crippen LogP contribution in [0.1, 0.15) is 33.1 Å². The van der Waals surface area contributed by atoms with Gasteiger partial charge in [-0.15, -0.1) is 0 Å². The first-order chi connectivity index (χ1) is 7.12. The average molecular weight is 241 g/mol. The summed E-state index contributed by atoms with van der Waals surface area (Å²) in [5.74, 6) is -0.878. The Morgan fingerprint density at radius 3 is 2.25 bits per heavy atom. The molecule has 0 amide bonds. The van der Waals surface area contributed by atoms with Gasteiger partial charge in [0.15, 0.2) is 0 Å². The lowest BCUT2D eigenvalue weighted by atomic mass is 9.84. The van der Waals surface area contributed by atoms with Crippen molar-refractivity contribution < 1.29 is 23.1 Å². The minimum Gasteiger partial charge on any atom is -0.481 e. The summed E-state index contributed by atoms with van der Waals surface area (Å²) >= 11 is 0. The highest BCUT2D eigenvalue weighted by Crippen LogP contribution is 2.26. The van der Waals surface area contributed by atoms with Crippen molar-refractivity contribution in [3.05, 3.63) is 0 Å². The highest BCUT2D eigenvalue weighted by molar-refractivity contribution is 5.66. The van der Waals surface area contributed by atoms with E-state index in [2.05, 4.69) is 5.32 Å². The predicted octanol–water partition coefficient (Wildman–Crippen LogP) is 2.42. The van der Waals surface area contributed by atoms with Gasteiger partial charge in [0, 0.05) is 6.42 Å². The van der Waals surface area contributed by atoms with Gasteiger partial charge >= 0.3 is 12.1 Å². The summed E-state index contributed by atoms with van der Waals surface area (Å²) < 4.78 is 35.4. The molecule has 0 unspecified atom stereocenters. The molecule has 96 valence electrons.